The molecule has 1 saturated carbocycles. The highest BCUT2D eigenvalue weighted by molar-refractivity contribution is 7.13. The van der Waals surface area contributed by atoms with Gasteiger partial charge in [-0.15, -0.1) is 11.3 Å². The quantitative estimate of drug-likeness (QED) is 0.499. The van der Waals surface area contributed by atoms with Crippen LogP contribution in [0.2, 0.25) is 0 Å². The van der Waals surface area contributed by atoms with Crippen LogP contribution in [-0.4, -0.2) is 57.9 Å². The van der Waals surface area contributed by atoms with Crippen LogP contribution in [0.3, 0.4) is 0 Å². The van der Waals surface area contributed by atoms with E-state index in [0.717, 1.165) is 51.6 Å². The molecule has 7 heteroatoms. The lowest BCUT2D eigenvalue weighted by Crippen LogP contribution is -2.43. The second kappa shape index (κ2) is 10.3. The molecule has 27 heavy (non-hydrogen) atoms. The van der Waals surface area contributed by atoms with E-state index in [4.69, 9.17) is 9.72 Å². The Morgan fingerprint density at radius 2 is 2.04 bits per heavy atom. The van der Waals surface area contributed by atoms with Crippen molar-refractivity contribution >= 4 is 22.4 Å². The van der Waals surface area contributed by atoms with Crippen molar-refractivity contribution in [1.29, 1.82) is 0 Å². The summed E-state index contributed by atoms with van der Waals surface area (Å²) in [5.74, 6) is 0.897. The lowest BCUT2D eigenvalue weighted by atomic mass is 9.83. The molecule has 2 aliphatic rings. The van der Waals surface area contributed by atoms with E-state index in [2.05, 4.69) is 25.9 Å². The van der Waals surface area contributed by atoms with Crippen LogP contribution < -0.4 is 15.5 Å². The highest BCUT2D eigenvalue weighted by Crippen LogP contribution is 2.40. The summed E-state index contributed by atoms with van der Waals surface area (Å²) in [6.07, 6.45) is 9.90. The molecule has 1 aliphatic heterocycles. The van der Waals surface area contributed by atoms with Gasteiger partial charge in [-0.3, -0.25) is 4.99 Å². The summed E-state index contributed by atoms with van der Waals surface area (Å²) in [5.41, 5.74) is 1.55. The van der Waals surface area contributed by atoms with Crippen molar-refractivity contribution in [2.24, 2.45) is 10.4 Å². The fourth-order valence-electron chi connectivity index (χ4n) is 4.22. The summed E-state index contributed by atoms with van der Waals surface area (Å²) in [5, 5.41) is 10.4. The summed E-state index contributed by atoms with van der Waals surface area (Å²) in [6, 6.07) is 0. The molecule has 2 N–H and O–H groups in total. The number of nitrogens with one attached hydrogen (secondary N) is 2. The molecule has 0 amide bonds. The zero-order valence-electron chi connectivity index (χ0n) is 16.9. The molecule has 1 aromatic rings. The van der Waals surface area contributed by atoms with Gasteiger partial charge in [0.15, 0.2) is 11.1 Å². The highest BCUT2D eigenvalue weighted by atomic mass is 32.1. The summed E-state index contributed by atoms with van der Waals surface area (Å²) in [7, 11) is 3.64. The van der Waals surface area contributed by atoms with Gasteiger partial charge in [0.1, 0.15) is 0 Å². The molecule has 6 nitrogen and oxygen atoms in total. The van der Waals surface area contributed by atoms with Crippen molar-refractivity contribution in [1.82, 2.24) is 15.6 Å². The molecule has 1 aliphatic carbocycles. The molecular weight excluding hydrogens is 358 g/mol. The summed E-state index contributed by atoms with van der Waals surface area (Å²) in [4.78, 5) is 11.6. The van der Waals surface area contributed by atoms with Crippen LogP contribution in [0.5, 0.6) is 0 Å². The van der Waals surface area contributed by atoms with Gasteiger partial charge in [0.05, 0.1) is 5.69 Å². The van der Waals surface area contributed by atoms with Gasteiger partial charge >= 0.3 is 0 Å². The van der Waals surface area contributed by atoms with E-state index in [1.54, 1.807) is 18.4 Å². The molecule has 0 atom stereocenters. The number of rotatable bonds is 9. The first-order chi connectivity index (χ1) is 13.2. The van der Waals surface area contributed by atoms with Crippen molar-refractivity contribution in [2.45, 2.75) is 51.4 Å². The first kappa shape index (κ1) is 20.4. The van der Waals surface area contributed by atoms with E-state index in [1.165, 1.54) is 49.4 Å². The van der Waals surface area contributed by atoms with Gasteiger partial charge in [-0.05, 0) is 37.5 Å². The Morgan fingerprint density at radius 3 is 2.74 bits per heavy atom. The van der Waals surface area contributed by atoms with Gasteiger partial charge in [0, 0.05) is 58.7 Å². The predicted molar refractivity (Wildman–Crippen MR) is 114 cm³/mol. The molecule has 3 rings (SSSR count). The van der Waals surface area contributed by atoms with Crippen LogP contribution in [0.1, 0.15) is 50.6 Å². The first-order valence-corrected chi connectivity index (χ1v) is 11.3. The molecule has 2 fully saturated rings. The van der Waals surface area contributed by atoms with Crippen LogP contribution >= 0.6 is 11.3 Å². The average molecular weight is 394 g/mol. The Bertz CT molecular complexity index is 591. The number of hydrogen-bond acceptors (Lipinski definition) is 5. The zero-order valence-corrected chi connectivity index (χ0v) is 17.7. The van der Waals surface area contributed by atoms with Crippen molar-refractivity contribution in [2.75, 3.05) is 51.8 Å². The molecular formula is C20H35N5OS. The molecule has 0 radical (unpaired) electrons. The Morgan fingerprint density at radius 1 is 1.26 bits per heavy atom. The first-order valence-electron chi connectivity index (χ1n) is 10.4. The van der Waals surface area contributed by atoms with Crippen LogP contribution in [0.4, 0.5) is 5.13 Å². The lowest BCUT2D eigenvalue weighted by molar-refractivity contribution is 0.138. The Kier molecular flexibility index (Phi) is 7.76. The molecule has 1 aromatic heterocycles. The number of methoxy groups -OCH3 is 1. The van der Waals surface area contributed by atoms with Crippen LogP contribution in [0, 0.1) is 5.41 Å². The number of thiazole rings is 1. The maximum atomic E-state index is 5.33. The zero-order chi connectivity index (χ0) is 19.0. The maximum Gasteiger partial charge on any atom is 0.191 e. The van der Waals surface area contributed by atoms with Gasteiger partial charge in [0.25, 0.3) is 0 Å². The van der Waals surface area contributed by atoms with Gasteiger partial charge in [-0.2, -0.15) is 0 Å². The highest BCUT2D eigenvalue weighted by Gasteiger charge is 2.33. The second-order valence-electron chi connectivity index (χ2n) is 7.87. The van der Waals surface area contributed by atoms with Gasteiger partial charge in [0.2, 0.25) is 0 Å². The molecule has 1 saturated heterocycles. The minimum absolute atomic E-state index is 0.368. The van der Waals surface area contributed by atoms with Gasteiger partial charge in [-0.1, -0.05) is 12.8 Å². The van der Waals surface area contributed by atoms with Crippen LogP contribution in [0.15, 0.2) is 10.4 Å². The molecule has 0 bridgehead atoms. The topological polar surface area (TPSA) is 61.8 Å². The Hall–Kier alpha value is -1.34. The monoisotopic (exact) mass is 393 g/mol. The third kappa shape index (κ3) is 5.82. The van der Waals surface area contributed by atoms with E-state index < -0.39 is 0 Å². The van der Waals surface area contributed by atoms with E-state index >= 15 is 0 Å². The number of aromatic nitrogens is 1. The minimum Gasteiger partial charge on any atom is -0.385 e. The minimum atomic E-state index is 0.368. The predicted octanol–water partition coefficient (Wildman–Crippen LogP) is 3.05. The largest absolute Gasteiger partial charge is 0.385 e. The second-order valence-corrected chi connectivity index (χ2v) is 8.70. The normalized spacial score (nSPS) is 19.6. The molecule has 152 valence electrons. The number of guanidine groups is 1. The number of nitrogens with zero attached hydrogens (tertiary/aromatic N) is 3. The number of hydrogen-bond donors (Lipinski definition) is 2. The van der Waals surface area contributed by atoms with Crippen molar-refractivity contribution in [3.63, 3.8) is 0 Å². The third-order valence-electron chi connectivity index (χ3n) is 5.94. The SMILES string of the molecule is CN=C(NCCc1csc(N2CCCC2)n1)NCC1(CCOC)CCCC1. The van der Waals surface area contributed by atoms with E-state index in [0.29, 0.717) is 5.41 Å². The van der Waals surface area contributed by atoms with Crippen molar-refractivity contribution < 1.29 is 4.74 Å². The molecule has 0 spiro atoms. The average Bonchev–Trinajstić information content (AvgIpc) is 3.44. The molecule has 0 aromatic carbocycles. The van der Waals surface area contributed by atoms with Crippen molar-refractivity contribution in [3.8, 4) is 0 Å². The van der Waals surface area contributed by atoms with E-state index in [1.807, 2.05) is 7.05 Å². The van der Waals surface area contributed by atoms with Gasteiger partial charge < -0.3 is 20.3 Å². The lowest BCUT2D eigenvalue weighted by Gasteiger charge is -2.29. The van der Waals surface area contributed by atoms with Crippen molar-refractivity contribution in [3.05, 3.63) is 11.1 Å². The standard InChI is InChI=1S/C20H35N5OS/c1-21-18(23-16-20(10-14-26-2)8-3-4-9-20)22-11-7-17-15-27-19(24-17)25-12-5-6-13-25/h15H,3-14,16H2,1-2H3,(H2,21,22,23). The van der Waals surface area contributed by atoms with Gasteiger partial charge in [-0.25, -0.2) is 4.98 Å². The Balaban J connectivity index is 1.41. The van der Waals surface area contributed by atoms with E-state index in [-0.39, 0.29) is 0 Å². The fraction of sp³-hybridized carbons (Fsp3) is 0.800. The maximum absolute atomic E-state index is 5.33. The van der Waals surface area contributed by atoms with E-state index in [9.17, 15) is 0 Å². The number of ether oxygens (including phenoxy) is 1. The summed E-state index contributed by atoms with van der Waals surface area (Å²) in [6.45, 7) is 5.00. The smallest absolute Gasteiger partial charge is 0.191 e. The number of anilines is 1. The summed E-state index contributed by atoms with van der Waals surface area (Å²) < 4.78 is 5.33. The molecule has 2 heterocycles. The van der Waals surface area contributed by atoms with Crippen LogP contribution in [0.25, 0.3) is 0 Å². The fourth-order valence-corrected chi connectivity index (χ4v) is 5.14. The van der Waals surface area contributed by atoms with Crippen LogP contribution in [-0.2, 0) is 11.2 Å². The Labute approximate surface area is 167 Å². The molecule has 0 unspecified atom stereocenters. The number of aliphatic imine (C=N–C) groups is 1. The third-order valence-corrected chi connectivity index (χ3v) is 6.90. The summed E-state index contributed by atoms with van der Waals surface area (Å²) >= 11 is 1.77.